The topological polar surface area (TPSA) is 76.9 Å². The Morgan fingerprint density at radius 3 is 2.93 bits per heavy atom. The highest BCUT2D eigenvalue weighted by atomic mass is 32.1. The molecule has 3 aromatic rings. The van der Waals surface area contributed by atoms with Crippen LogP contribution in [-0.2, 0) is 6.42 Å². The molecule has 1 aliphatic carbocycles. The van der Waals surface area contributed by atoms with E-state index in [1.165, 1.54) is 18.9 Å². The molecular weight excluding hydrogens is 379 g/mol. The van der Waals surface area contributed by atoms with E-state index in [4.69, 9.17) is 4.74 Å². The fourth-order valence-corrected chi connectivity index (χ4v) is 3.86. The summed E-state index contributed by atoms with van der Waals surface area (Å²) in [5.74, 6) is 1.79. The number of halogens is 1. The highest BCUT2D eigenvalue weighted by molar-refractivity contribution is 6.99. The fraction of sp³-hybridized carbons (Fsp3) is 0.421. The van der Waals surface area contributed by atoms with E-state index in [2.05, 4.69) is 35.5 Å². The molecule has 4 heterocycles. The Kier molecular flexibility index (Phi) is 4.38. The molecule has 0 spiro atoms. The van der Waals surface area contributed by atoms with Crippen LogP contribution in [0.4, 0.5) is 10.2 Å². The summed E-state index contributed by atoms with van der Waals surface area (Å²) in [6.45, 7) is 3.39. The smallest absolute Gasteiger partial charge is 0.218 e. The van der Waals surface area contributed by atoms with Gasteiger partial charge in [0.15, 0.2) is 5.82 Å². The molecule has 2 aliphatic rings. The highest BCUT2D eigenvalue weighted by Gasteiger charge is 2.28. The van der Waals surface area contributed by atoms with Gasteiger partial charge >= 0.3 is 0 Å². The van der Waals surface area contributed by atoms with Gasteiger partial charge in [-0.15, -0.1) is 0 Å². The molecule has 3 aromatic heterocycles. The van der Waals surface area contributed by atoms with Crippen molar-refractivity contribution < 1.29 is 9.13 Å². The fourth-order valence-electron chi connectivity index (χ4n) is 3.45. The predicted molar refractivity (Wildman–Crippen MR) is 103 cm³/mol. The second kappa shape index (κ2) is 7.05. The molecule has 5 rings (SSSR count). The van der Waals surface area contributed by atoms with Crippen LogP contribution in [-0.4, -0.2) is 36.9 Å². The molecule has 0 saturated heterocycles. The third-order valence-electron chi connectivity index (χ3n) is 5.23. The average molecular weight is 398 g/mol. The summed E-state index contributed by atoms with van der Waals surface area (Å²) in [5.41, 5.74) is 2.69. The largest absolute Gasteiger partial charge is 0.493 e. The number of rotatable bonds is 5. The third kappa shape index (κ3) is 3.42. The summed E-state index contributed by atoms with van der Waals surface area (Å²) in [5, 5.41) is 0. The molecule has 0 radical (unpaired) electrons. The maximum atomic E-state index is 14.1. The standard InChI is InChI=1S/C19H19FN6OS/c1-11-14-8-21-19(16-9-22-28-25-16)23-15(14)4-5-26(11)18-7-13(6-17(20)24-18)27-10-12-2-3-12/h6-9,11-12H,2-5,10H2,1H3. The third-order valence-corrected chi connectivity index (χ3v) is 5.71. The summed E-state index contributed by atoms with van der Waals surface area (Å²) >= 11 is 1.14. The van der Waals surface area contributed by atoms with E-state index in [0.29, 0.717) is 42.2 Å². The quantitative estimate of drug-likeness (QED) is 0.609. The molecule has 28 heavy (non-hydrogen) atoms. The Bertz CT molecular complexity index is 994. The number of ether oxygens (including phenoxy) is 1. The lowest BCUT2D eigenvalue weighted by atomic mass is 9.99. The maximum Gasteiger partial charge on any atom is 0.218 e. The van der Waals surface area contributed by atoms with Crippen LogP contribution < -0.4 is 9.64 Å². The van der Waals surface area contributed by atoms with Gasteiger partial charge in [-0.05, 0) is 25.7 Å². The van der Waals surface area contributed by atoms with Gasteiger partial charge < -0.3 is 9.64 Å². The van der Waals surface area contributed by atoms with Crippen LogP contribution in [0, 0.1) is 11.9 Å². The molecule has 1 atom stereocenters. The minimum atomic E-state index is -0.524. The van der Waals surface area contributed by atoms with E-state index in [1.54, 1.807) is 6.20 Å². The number of hydrogen-bond acceptors (Lipinski definition) is 8. The summed E-state index contributed by atoms with van der Waals surface area (Å²) in [6.07, 6.45) is 6.62. The maximum absolute atomic E-state index is 14.1. The Labute approximate surface area is 166 Å². The summed E-state index contributed by atoms with van der Waals surface area (Å²) < 4.78 is 28.1. The predicted octanol–water partition coefficient (Wildman–Crippen LogP) is 3.44. The number of aromatic nitrogens is 5. The Morgan fingerprint density at radius 1 is 1.25 bits per heavy atom. The Hall–Kier alpha value is -2.68. The zero-order chi connectivity index (χ0) is 19.1. The minimum absolute atomic E-state index is 0.0167. The lowest BCUT2D eigenvalue weighted by Crippen LogP contribution is -2.35. The van der Waals surface area contributed by atoms with Crippen LogP contribution >= 0.6 is 11.7 Å². The molecule has 1 unspecified atom stereocenters. The van der Waals surface area contributed by atoms with Gasteiger partial charge in [-0.1, -0.05) is 0 Å². The second-order valence-corrected chi connectivity index (χ2v) is 7.80. The zero-order valence-electron chi connectivity index (χ0n) is 15.4. The van der Waals surface area contributed by atoms with E-state index < -0.39 is 5.95 Å². The number of pyridine rings is 1. The molecular formula is C19H19FN6OS. The first-order chi connectivity index (χ1) is 13.7. The van der Waals surface area contributed by atoms with E-state index in [0.717, 1.165) is 29.4 Å². The highest BCUT2D eigenvalue weighted by Crippen LogP contribution is 2.34. The van der Waals surface area contributed by atoms with Crippen molar-refractivity contribution in [1.29, 1.82) is 0 Å². The van der Waals surface area contributed by atoms with Crippen LogP contribution in [0.3, 0.4) is 0 Å². The van der Waals surface area contributed by atoms with Crippen molar-refractivity contribution in [3.63, 3.8) is 0 Å². The van der Waals surface area contributed by atoms with Gasteiger partial charge in [-0.25, -0.2) is 15.0 Å². The summed E-state index contributed by atoms with van der Waals surface area (Å²) in [4.78, 5) is 15.3. The summed E-state index contributed by atoms with van der Waals surface area (Å²) in [7, 11) is 0. The van der Waals surface area contributed by atoms with Crippen molar-refractivity contribution in [2.24, 2.45) is 5.92 Å². The lowest BCUT2D eigenvalue weighted by molar-refractivity contribution is 0.297. The van der Waals surface area contributed by atoms with Crippen molar-refractivity contribution >= 4 is 17.5 Å². The van der Waals surface area contributed by atoms with E-state index in [9.17, 15) is 4.39 Å². The Balaban J connectivity index is 1.40. The van der Waals surface area contributed by atoms with Gasteiger partial charge in [0.1, 0.15) is 17.3 Å². The Morgan fingerprint density at radius 2 is 2.14 bits per heavy atom. The van der Waals surface area contributed by atoms with Gasteiger partial charge in [0.25, 0.3) is 0 Å². The normalized spacial score (nSPS) is 18.8. The van der Waals surface area contributed by atoms with Crippen LogP contribution in [0.1, 0.15) is 37.1 Å². The first kappa shape index (κ1) is 17.4. The summed E-state index contributed by atoms with van der Waals surface area (Å²) in [6, 6.07) is 3.16. The average Bonchev–Trinajstić information content (AvgIpc) is 3.37. The molecule has 144 valence electrons. The molecule has 1 aliphatic heterocycles. The first-order valence-electron chi connectivity index (χ1n) is 9.38. The van der Waals surface area contributed by atoms with Crippen molar-refractivity contribution in [1.82, 2.24) is 23.7 Å². The molecule has 0 amide bonds. The van der Waals surface area contributed by atoms with Crippen LogP contribution in [0.25, 0.3) is 11.5 Å². The molecule has 1 fully saturated rings. The molecule has 1 saturated carbocycles. The number of fused-ring (bicyclic) bond motifs is 1. The number of hydrogen-bond donors (Lipinski definition) is 0. The van der Waals surface area contributed by atoms with Gasteiger partial charge in [0, 0.05) is 36.9 Å². The van der Waals surface area contributed by atoms with Gasteiger partial charge in [-0.3, -0.25) is 0 Å². The zero-order valence-corrected chi connectivity index (χ0v) is 16.2. The molecule has 0 bridgehead atoms. The molecule has 0 aromatic carbocycles. The molecule has 7 nitrogen and oxygen atoms in total. The molecule has 9 heteroatoms. The molecule has 0 N–H and O–H groups in total. The number of nitrogens with zero attached hydrogens (tertiary/aromatic N) is 6. The van der Waals surface area contributed by atoms with E-state index >= 15 is 0 Å². The van der Waals surface area contributed by atoms with Crippen molar-refractivity contribution in [3.05, 3.63) is 41.7 Å². The van der Waals surface area contributed by atoms with E-state index in [1.807, 2.05) is 12.3 Å². The monoisotopic (exact) mass is 398 g/mol. The first-order valence-corrected chi connectivity index (χ1v) is 10.1. The van der Waals surface area contributed by atoms with Crippen LogP contribution in [0.2, 0.25) is 0 Å². The van der Waals surface area contributed by atoms with Gasteiger partial charge in [0.05, 0.1) is 36.3 Å². The van der Waals surface area contributed by atoms with Gasteiger partial charge in [-0.2, -0.15) is 13.1 Å². The van der Waals surface area contributed by atoms with Crippen molar-refractivity contribution in [2.75, 3.05) is 18.1 Å². The lowest BCUT2D eigenvalue weighted by Gasteiger charge is -2.35. The van der Waals surface area contributed by atoms with E-state index in [-0.39, 0.29) is 6.04 Å². The second-order valence-electron chi connectivity index (χ2n) is 7.25. The van der Waals surface area contributed by atoms with Crippen LogP contribution in [0.5, 0.6) is 5.75 Å². The van der Waals surface area contributed by atoms with Crippen molar-refractivity contribution in [2.45, 2.75) is 32.2 Å². The minimum Gasteiger partial charge on any atom is -0.493 e. The van der Waals surface area contributed by atoms with Gasteiger partial charge in [0.2, 0.25) is 5.95 Å². The SMILES string of the molecule is CC1c2cnc(-c3cnsn3)nc2CCN1c1cc(OCC2CC2)cc(F)n1. The number of anilines is 1. The van der Waals surface area contributed by atoms with Crippen molar-refractivity contribution in [3.8, 4) is 17.3 Å². The van der Waals surface area contributed by atoms with Crippen LogP contribution in [0.15, 0.2) is 24.5 Å².